The molecule has 6 nitrogen and oxygen atoms in total. The van der Waals surface area contributed by atoms with Gasteiger partial charge in [0.2, 0.25) is 5.91 Å². The van der Waals surface area contributed by atoms with Crippen LogP contribution in [0.1, 0.15) is 16.8 Å². The lowest BCUT2D eigenvalue weighted by Gasteiger charge is -2.17. The smallest absolute Gasteiger partial charge is 0.273 e. The molecule has 0 bridgehead atoms. The lowest BCUT2D eigenvalue weighted by Crippen LogP contribution is -2.30. The standard InChI is InChI=1S/C23H22BrF2N3O3/c1-14-9-20(32-13-16-5-6-17(25)10-19(16)26)22(24)23(31)29(14)18-7-3-15(4-8-18)11-28(2)12-21(27)30/h3-10H,11-13H2,1-2H3,(H2,27,30). The molecule has 0 aliphatic rings. The van der Waals surface area contributed by atoms with Crippen LogP contribution in [0, 0.1) is 18.6 Å². The van der Waals surface area contributed by atoms with Crippen LogP contribution in [0.3, 0.4) is 0 Å². The second kappa shape index (κ2) is 10.1. The van der Waals surface area contributed by atoms with Crippen molar-refractivity contribution in [1.82, 2.24) is 9.47 Å². The highest BCUT2D eigenvalue weighted by molar-refractivity contribution is 9.10. The zero-order chi connectivity index (χ0) is 23.4. The number of carbonyl (C=O) groups is 1. The molecule has 2 aromatic carbocycles. The largest absolute Gasteiger partial charge is 0.487 e. The number of ether oxygens (including phenoxy) is 1. The lowest BCUT2D eigenvalue weighted by molar-refractivity contribution is -0.118. The van der Waals surface area contributed by atoms with Gasteiger partial charge in [0.15, 0.2) is 0 Å². The topological polar surface area (TPSA) is 77.6 Å². The van der Waals surface area contributed by atoms with E-state index in [2.05, 4.69) is 15.9 Å². The summed E-state index contributed by atoms with van der Waals surface area (Å²) in [6.07, 6.45) is 0. The molecule has 0 fully saturated rings. The van der Waals surface area contributed by atoms with Crippen molar-refractivity contribution in [2.45, 2.75) is 20.1 Å². The third-order valence-corrected chi connectivity index (χ3v) is 5.50. The molecule has 0 saturated carbocycles. The summed E-state index contributed by atoms with van der Waals surface area (Å²) in [7, 11) is 1.79. The minimum atomic E-state index is -0.715. The number of rotatable bonds is 8. The summed E-state index contributed by atoms with van der Waals surface area (Å²) in [4.78, 5) is 25.8. The van der Waals surface area contributed by atoms with E-state index in [9.17, 15) is 18.4 Å². The Morgan fingerprint density at radius 3 is 2.47 bits per heavy atom. The van der Waals surface area contributed by atoms with Crippen molar-refractivity contribution in [3.8, 4) is 11.4 Å². The van der Waals surface area contributed by atoms with Gasteiger partial charge < -0.3 is 10.5 Å². The molecule has 0 aliphatic carbocycles. The highest BCUT2D eigenvalue weighted by Gasteiger charge is 2.15. The highest BCUT2D eigenvalue weighted by Crippen LogP contribution is 2.25. The summed E-state index contributed by atoms with van der Waals surface area (Å²) in [5, 5.41) is 0. The maximum atomic E-state index is 13.8. The third kappa shape index (κ3) is 5.60. The Morgan fingerprint density at radius 2 is 1.84 bits per heavy atom. The molecule has 3 rings (SSSR count). The number of nitrogens with zero attached hydrogens (tertiary/aromatic N) is 2. The molecule has 32 heavy (non-hydrogen) atoms. The van der Waals surface area contributed by atoms with E-state index >= 15 is 0 Å². The molecule has 0 saturated heterocycles. The van der Waals surface area contributed by atoms with E-state index in [0.29, 0.717) is 17.9 Å². The molecule has 0 unspecified atom stereocenters. The van der Waals surface area contributed by atoms with Crippen LogP contribution in [-0.2, 0) is 17.9 Å². The van der Waals surface area contributed by atoms with Crippen molar-refractivity contribution in [3.05, 3.63) is 91.8 Å². The van der Waals surface area contributed by atoms with Crippen molar-refractivity contribution in [1.29, 1.82) is 0 Å². The van der Waals surface area contributed by atoms with Crippen molar-refractivity contribution >= 4 is 21.8 Å². The number of likely N-dealkylation sites (N-methyl/N-ethyl adjacent to an activating group) is 1. The summed E-state index contributed by atoms with van der Waals surface area (Å²) < 4.78 is 34.3. The van der Waals surface area contributed by atoms with Gasteiger partial charge in [0.25, 0.3) is 5.56 Å². The van der Waals surface area contributed by atoms with Gasteiger partial charge in [-0.3, -0.25) is 19.1 Å². The van der Waals surface area contributed by atoms with Crippen LogP contribution in [0.15, 0.2) is 57.8 Å². The fraction of sp³-hybridized carbons (Fsp3) is 0.217. The molecule has 0 aliphatic heterocycles. The number of hydrogen-bond acceptors (Lipinski definition) is 4. The number of nitrogens with two attached hydrogens (primary N) is 1. The van der Waals surface area contributed by atoms with Crippen molar-refractivity contribution in [2.24, 2.45) is 5.73 Å². The van der Waals surface area contributed by atoms with E-state index in [1.165, 1.54) is 10.6 Å². The molecule has 1 aromatic heterocycles. The lowest BCUT2D eigenvalue weighted by atomic mass is 10.2. The van der Waals surface area contributed by atoms with Crippen LogP contribution in [0.2, 0.25) is 0 Å². The summed E-state index contributed by atoms with van der Waals surface area (Å²) >= 11 is 3.27. The number of hydrogen-bond donors (Lipinski definition) is 1. The van der Waals surface area contributed by atoms with E-state index in [4.69, 9.17) is 10.5 Å². The van der Waals surface area contributed by atoms with Crippen LogP contribution < -0.4 is 16.0 Å². The predicted octanol–water partition coefficient (Wildman–Crippen LogP) is 3.68. The molecule has 9 heteroatoms. The van der Waals surface area contributed by atoms with Crippen LogP contribution in [-0.4, -0.2) is 29.0 Å². The number of aromatic nitrogens is 1. The first-order chi connectivity index (χ1) is 15.2. The molecule has 0 atom stereocenters. The van der Waals surface area contributed by atoms with Crippen molar-refractivity contribution in [3.63, 3.8) is 0 Å². The molecule has 1 heterocycles. The molecular formula is C23H22BrF2N3O3. The molecule has 168 valence electrons. The Morgan fingerprint density at radius 1 is 1.16 bits per heavy atom. The molecule has 1 amide bonds. The van der Waals surface area contributed by atoms with Gasteiger partial charge in [0.05, 0.1) is 6.54 Å². The molecular weight excluding hydrogens is 484 g/mol. The summed E-state index contributed by atoms with van der Waals surface area (Å²) in [5.74, 6) is -1.53. The van der Waals surface area contributed by atoms with E-state index in [1.807, 2.05) is 24.3 Å². The molecule has 3 aromatic rings. The van der Waals surface area contributed by atoms with Gasteiger partial charge >= 0.3 is 0 Å². The molecule has 2 N–H and O–H groups in total. The first-order valence-electron chi connectivity index (χ1n) is 9.70. The first kappa shape index (κ1) is 23.6. The average molecular weight is 506 g/mol. The first-order valence-corrected chi connectivity index (χ1v) is 10.5. The quantitative estimate of drug-likeness (QED) is 0.506. The van der Waals surface area contributed by atoms with Crippen LogP contribution in [0.4, 0.5) is 8.78 Å². The van der Waals surface area contributed by atoms with Crippen LogP contribution >= 0.6 is 15.9 Å². The Labute approximate surface area is 192 Å². The monoisotopic (exact) mass is 505 g/mol. The predicted molar refractivity (Wildman–Crippen MR) is 121 cm³/mol. The number of amides is 1. The van der Waals surface area contributed by atoms with Gasteiger partial charge in [-0.05, 0) is 59.7 Å². The van der Waals surface area contributed by atoms with Gasteiger partial charge in [-0.2, -0.15) is 0 Å². The van der Waals surface area contributed by atoms with Crippen LogP contribution in [0.5, 0.6) is 5.75 Å². The molecule has 0 radical (unpaired) electrons. The van der Waals surface area contributed by atoms with Gasteiger partial charge in [0, 0.05) is 35.6 Å². The Balaban J connectivity index is 1.81. The Bertz CT molecular complexity index is 1200. The van der Waals surface area contributed by atoms with Gasteiger partial charge in [-0.1, -0.05) is 12.1 Å². The fourth-order valence-electron chi connectivity index (χ4n) is 3.29. The normalized spacial score (nSPS) is 11.1. The average Bonchev–Trinajstić information content (AvgIpc) is 2.71. The number of primary amides is 1. The number of carbonyl (C=O) groups excluding carboxylic acids is 1. The van der Waals surface area contributed by atoms with Gasteiger partial charge in [-0.25, -0.2) is 8.78 Å². The third-order valence-electron chi connectivity index (χ3n) is 4.77. The number of pyridine rings is 1. The van der Waals surface area contributed by atoms with E-state index in [1.54, 1.807) is 24.9 Å². The highest BCUT2D eigenvalue weighted by atomic mass is 79.9. The summed E-state index contributed by atoms with van der Waals surface area (Å²) in [5.41, 5.74) is 7.29. The summed E-state index contributed by atoms with van der Waals surface area (Å²) in [6, 6.07) is 12.3. The van der Waals surface area contributed by atoms with E-state index in [-0.39, 0.29) is 34.5 Å². The zero-order valence-electron chi connectivity index (χ0n) is 17.6. The van der Waals surface area contributed by atoms with Gasteiger partial charge in [-0.15, -0.1) is 0 Å². The zero-order valence-corrected chi connectivity index (χ0v) is 19.2. The second-order valence-corrected chi connectivity index (χ2v) is 8.23. The minimum Gasteiger partial charge on any atom is -0.487 e. The second-order valence-electron chi connectivity index (χ2n) is 7.43. The summed E-state index contributed by atoms with van der Waals surface area (Å²) in [6.45, 7) is 2.29. The maximum Gasteiger partial charge on any atom is 0.273 e. The van der Waals surface area contributed by atoms with E-state index in [0.717, 1.165) is 17.7 Å². The Kier molecular flexibility index (Phi) is 7.42. The minimum absolute atomic E-state index is 0.149. The van der Waals surface area contributed by atoms with E-state index < -0.39 is 17.5 Å². The van der Waals surface area contributed by atoms with Crippen LogP contribution in [0.25, 0.3) is 5.69 Å². The van der Waals surface area contributed by atoms with Crippen molar-refractivity contribution < 1.29 is 18.3 Å². The Hall–Kier alpha value is -3.04. The molecule has 0 spiro atoms. The number of halogens is 3. The SMILES string of the molecule is Cc1cc(OCc2ccc(F)cc2F)c(Br)c(=O)n1-c1ccc(CN(C)CC(N)=O)cc1. The number of benzene rings is 2. The fourth-order valence-corrected chi connectivity index (χ4v) is 3.69. The number of aryl methyl sites for hydroxylation is 1. The van der Waals surface area contributed by atoms with Crippen molar-refractivity contribution in [2.75, 3.05) is 13.6 Å². The maximum absolute atomic E-state index is 13.8. The van der Waals surface area contributed by atoms with Gasteiger partial charge in [0.1, 0.15) is 28.5 Å².